The van der Waals surface area contributed by atoms with Gasteiger partial charge in [-0.1, -0.05) is 0 Å². The summed E-state index contributed by atoms with van der Waals surface area (Å²) in [5.41, 5.74) is 2.69. The van der Waals surface area contributed by atoms with Crippen molar-refractivity contribution in [3.63, 3.8) is 0 Å². The van der Waals surface area contributed by atoms with Gasteiger partial charge in [0.15, 0.2) is 5.82 Å². The molecule has 1 amide bonds. The molecule has 1 aromatic carbocycles. The first-order valence-electron chi connectivity index (χ1n) is 8.45. The zero-order valence-electron chi connectivity index (χ0n) is 14.0. The molecule has 1 aliphatic carbocycles. The van der Waals surface area contributed by atoms with E-state index in [2.05, 4.69) is 36.4 Å². The van der Waals surface area contributed by atoms with Crippen molar-refractivity contribution >= 4 is 50.0 Å². The first kappa shape index (κ1) is 16.5. The van der Waals surface area contributed by atoms with E-state index in [1.165, 1.54) is 0 Å². The molecule has 0 spiro atoms. The number of amides is 1. The molecule has 5 rings (SSSR count). The van der Waals surface area contributed by atoms with E-state index in [-0.39, 0.29) is 17.6 Å². The number of carbonyl (C=O) groups excluding carboxylic acids is 1. The Hall–Kier alpha value is -2.65. The molecule has 4 aromatic rings. The number of benzene rings is 1. The monoisotopic (exact) mass is 443 g/mol. The lowest BCUT2D eigenvalue weighted by atomic mass is 10.2. The summed E-state index contributed by atoms with van der Waals surface area (Å²) in [7, 11) is 0. The van der Waals surface area contributed by atoms with Crippen LogP contribution in [0.4, 0.5) is 5.82 Å². The van der Waals surface area contributed by atoms with E-state index in [9.17, 15) is 9.59 Å². The van der Waals surface area contributed by atoms with Crippen molar-refractivity contribution in [1.29, 1.82) is 0 Å². The van der Waals surface area contributed by atoms with Gasteiger partial charge >= 0.3 is 5.69 Å². The molecule has 0 bridgehead atoms. The third-order valence-corrected chi connectivity index (χ3v) is 6.21. The second kappa shape index (κ2) is 6.21. The highest BCUT2D eigenvalue weighted by atomic mass is 79.9. The molecule has 3 heterocycles. The van der Waals surface area contributed by atoms with Crippen LogP contribution in [0, 0.1) is 0 Å². The highest BCUT2D eigenvalue weighted by molar-refractivity contribution is 9.11. The number of hydrogen-bond donors (Lipinski definition) is 3. The molecule has 1 fully saturated rings. The summed E-state index contributed by atoms with van der Waals surface area (Å²) in [6, 6.07) is 11.3. The number of aromatic nitrogens is 4. The maximum atomic E-state index is 12.6. The first-order valence-corrected chi connectivity index (χ1v) is 10.1. The van der Waals surface area contributed by atoms with Crippen LogP contribution in [0.15, 0.2) is 45.0 Å². The lowest BCUT2D eigenvalue weighted by molar-refractivity contribution is 0.102. The van der Waals surface area contributed by atoms with Gasteiger partial charge in [-0.2, -0.15) is 5.10 Å². The number of aromatic amines is 2. The maximum absolute atomic E-state index is 12.6. The van der Waals surface area contributed by atoms with Crippen LogP contribution in [0.2, 0.25) is 0 Å². The molecule has 3 aromatic heterocycles. The predicted octanol–water partition coefficient (Wildman–Crippen LogP) is 4.13. The summed E-state index contributed by atoms with van der Waals surface area (Å²) >= 11 is 5.01. The second-order valence-corrected chi connectivity index (χ2v) is 8.95. The van der Waals surface area contributed by atoms with Gasteiger partial charge in [0.2, 0.25) is 0 Å². The van der Waals surface area contributed by atoms with Crippen LogP contribution in [-0.4, -0.2) is 25.7 Å². The summed E-state index contributed by atoms with van der Waals surface area (Å²) in [4.78, 5) is 28.6. The number of halogens is 1. The smallest absolute Gasteiger partial charge is 0.306 e. The zero-order chi connectivity index (χ0) is 18.5. The molecule has 0 atom stereocenters. The second-order valence-electron chi connectivity index (χ2n) is 6.49. The minimum Gasteiger partial charge on any atom is -0.306 e. The number of fused-ring (bicyclic) bond motifs is 1. The van der Waals surface area contributed by atoms with E-state index in [0.29, 0.717) is 16.9 Å². The van der Waals surface area contributed by atoms with Crippen molar-refractivity contribution in [2.24, 2.45) is 0 Å². The van der Waals surface area contributed by atoms with Gasteiger partial charge in [0.05, 0.1) is 25.4 Å². The summed E-state index contributed by atoms with van der Waals surface area (Å²) < 4.78 is 2.80. The van der Waals surface area contributed by atoms with E-state index >= 15 is 0 Å². The van der Waals surface area contributed by atoms with Crippen LogP contribution in [0.25, 0.3) is 21.6 Å². The van der Waals surface area contributed by atoms with Crippen LogP contribution >= 0.6 is 27.3 Å². The minimum absolute atomic E-state index is 0.121. The lowest BCUT2D eigenvalue weighted by Gasteiger charge is -2.03. The average molecular weight is 444 g/mol. The van der Waals surface area contributed by atoms with Gasteiger partial charge in [0.1, 0.15) is 0 Å². The topological polar surface area (TPSA) is 95.6 Å². The number of imidazole rings is 1. The van der Waals surface area contributed by atoms with Gasteiger partial charge in [-0.15, -0.1) is 11.3 Å². The van der Waals surface area contributed by atoms with Crippen molar-refractivity contribution in [2.45, 2.75) is 18.9 Å². The molecule has 0 radical (unpaired) electrons. The Morgan fingerprint density at radius 1 is 1.26 bits per heavy atom. The Morgan fingerprint density at radius 3 is 2.85 bits per heavy atom. The quantitative estimate of drug-likeness (QED) is 0.442. The van der Waals surface area contributed by atoms with E-state index in [1.807, 2.05) is 18.2 Å². The fourth-order valence-corrected chi connectivity index (χ4v) is 4.48. The van der Waals surface area contributed by atoms with Crippen LogP contribution in [0.5, 0.6) is 0 Å². The fraction of sp³-hybridized carbons (Fsp3) is 0.167. The molecule has 136 valence electrons. The Balaban J connectivity index is 1.39. The molecule has 0 saturated heterocycles. The standard InChI is InChI=1S/C18H14BrN5O2S/c19-15-6-5-14(27-15)12-8-16(23-22-12)21-17(25)9-1-4-13-11(7-9)20-18(26)24(13)10-2-3-10/h1,4-8,10H,2-3H2,(H,20,26)(H2,21,22,23,25). The van der Waals surface area contributed by atoms with Gasteiger partial charge in [-0.05, 0) is 59.1 Å². The molecule has 3 N–H and O–H groups in total. The van der Waals surface area contributed by atoms with Crippen molar-refractivity contribution in [1.82, 2.24) is 19.7 Å². The van der Waals surface area contributed by atoms with Crippen LogP contribution < -0.4 is 11.0 Å². The number of H-pyrrole nitrogens is 2. The largest absolute Gasteiger partial charge is 0.326 e. The maximum Gasteiger partial charge on any atom is 0.326 e. The Bertz CT molecular complexity index is 1230. The van der Waals surface area contributed by atoms with E-state index in [1.54, 1.807) is 34.1 Å². The number of hydrogen-bond acceptors (Lipinski definition) is 4. The number of rotatable bonds is 4. The molecular formula is C18H14BrN5O2S. The van der Waals surface area contributed by atoms with Crippen LogP contribution in [-0.2, 0) is 0 Å². The molecule has 27 heavy (non-hydrogen) atoms. The van der Waals surface area contributed by atoms with Gasteiger partial charge in [-0.3, -0.25) is 14.5 Å². The molecule has 7 nitrogen and oxygen atoms in total. The molecular weight excluding hydrogens is 430 g/mol. The summed E-state index contributed by atoms with van der Waals surface area (Å²) in [6.07, 6.45) is 2.05. The fourth-order valence-electron chi connectivity index (χ4n) is 3.13. The molecule has 1 saturated carbocycles. The van der Waals surface area contributed by atoms with Crippen LogP contribution in [0.1, 0.15) is 29.2 Å². The average Bonchev–Trinajstić information content (AvgIpc) is 3.06. The van der Waals surface area contributed by atoms with Gasteiger partial charge < -0.3 is 10.3 Å². The molecule has 9 heteroatoms. The van der Waals surface area contributed by atoms with E-state index in [4.69, 9.17) is 0 Å². The summed E-state index contributed by atoms with van der Waals surface area (Å²) in [6.45, 7) is 0. The first-order chi connectivity index (χ1) is 13.1. The molecule has 0 aliphatic heterocycles. The number of carbonyl (C=O) groups is 1. The SMILES string of the molecule is O=C(Nc1cc(-c2ccc(Br)s2)[nH]n1)c1ccc2c(c1)[nH]c(=O)n2C1CC1. The molecule has 1 aliphatic rings. The van der Waals surface area contributed by atoms with Crippen molar-refractivity contribution in [3.8, 4) is 10.6 Å². The predicted molar refractivity (Wildman–Crippen MR) is 108 cm³/mol. The Morgan fingerprint density at radius 2 is 2.11 bits per heavy atom. The normalized spacial score (nSPS) is 14.0. The highest BCUT2D eigenvalue weighted by Crippen LogP contribution is 2.35. The zero-order valence-corrected chi connectivity index (χ0v) is 16.4. The number of thiophene rings is 1. The van der Waals surface area contributed by atoms with Crippen molar-refractivity contribution in [3.05, 3.63) is 56.2 Å². The number of nitrogens with one attached hydrogen (secondary N) is 3. The Kier molecular flexibility index (Phi) is 3.80. The third kappa shape index (κ3) is 3.02. The van der Waals surface area contributed by atoms with Gasteiger partial charge in [0, 0.05) is 17.7 Å². The van der Waals surface area contributed by atoms with Crippen LogP contribution in [0.3, 0.4) is 0 Å². The Labute approximate surface area is 165 Å². The van der Waals surface area contributed by atoms with Crippen molar-refractivity contribution in [2.75, 3.05) is 5.32 Å². The summed E-state index contributed by atoms with van der Waals surface area (Å²) in [5, 5.41) is 9.87. The number of nitrogens with zero attached hydrogens (tertiary/aromatic N) is 2. The number of anilines is 1. The van der Waals surface area contributed by atoms with Gasteiger partial charge in [-0.25, -0.2) is 4.79 Å². The third-order valence-electron chi connectivity index (χ3n) is 4.55. The van der Waals surface area contributed by atoms with E-state index in [0.717, 1.165) is 32.7 Å². The highest BCUT2D eigenvalue weighted by Gasteiger charge is 2.27. The molecule has 0 unspecified atom stereocenters. The van der Waals surface area contributed by atoms with Crippen molar-refractivity contribution < 1.29 is 4.79 Å². The van der Waals surface area contributed by atoms with Gasteiger partial charge in [0.25, 0.3) is 5.91 Å². The summed E-state index contributed by atoms with van der Waals surface area (Å²) in [5.74, 6) is 0.172. The van der Waals surface area contributed by atoms with E-state index < -0.39 is 0 Å². The minimum atomic E-state index is -0.276. The lowest BCUT2D eigenvalue weighted by Crippen LogP contribution is -2.14.